The molecule has 0 bridgehead atoms. The second-order valence-corrected chi connectivity index (χ2v) is 11.4. The van der Waals surface area contributed by atoms with Crippen LogP contribution in [0.15, 0.2) is 46.1 Å². The van der Waals surface area contributed by atoms with Gasteiger partial charge in [-0.1, -0.05) is 31.5 Å². The first-order valence-corrected chi connectivity index (χ1v) is 13.0. The first-order valence-electron chi connectivity index (χ1n) is 11.6. The molecule has 3 aromatic rings. The van der Waals surface area contributed by atoms with E-state index in [0.717, 1.165) is 29.5 Å². The SMILES string of the molecule is Cc1ccc(N(CC(C)C)S(=O)(=O)c2ccc3c(c2)[nH]c(=O)n3CC2CCOCC2)c(C)c1. The lowest BCUT2D eigenvalue weighted by atomic mass is 10.0. The normalized spacial score (nSPS) is 15.4. The van der Waals surface area contributed by atoms with Crippen LogP contribution in [0, 0.1) is 25.7 Å². The summed E-state index contributed by atoms with van der Waals surface area (Å²) in [4.78, 5) is 15.7. The summed E-state index contributed by atoms with van der Waals surface area (Å²) < 4.78 is 36.2. The number of anilines is 1. The highest BCUT2D eigenvalue weighted by molar-refractivity contribution is 7.92. The van der Waals surface area contributed by atoms with E-state index in [4.69, 9.17) is 4.74 Å². The molecule has 0 amide bonds. The van der Waals surface area contributed by atoms with Crippen LogP contribution < -0.4 is 9.99 Å². The highest BCUT2D eigenvalue weighted by atomic mass is 32.2. The summed E-state index contributed by atoms with van der Waals surface area (Å²) in [6.07, 6.45) is 1.84. The van der Waals surface area contributed by atoms with E-state index in [2.05, 4.69) is 4.98 Å². The van der Waals surface area contributed by atoms with E-state index in [1.807, 2.05) is 45.9 Å². The van der Waals surface area contributed by atoms with E-state index < -0.39 is 10.0 Å². The van der Waals surface area contributed by atoms with Gasteiger partial charge in [-0.2, -0.15) is 0 Å². The number of aromatic nitrogens is 2. The van der Waals surface area contributed by atoms with Crippen LogP contribution in [0.2, 0.25) is 0 Å². The number of ether oxygens (including phenoxy) is 1. The molecule has 1 aliphatic rings. The molecule has 178 valence electrons. The third-order valence-electron chi connectivity index (χ3n) is 6.27. The van der Waals surface area contributed by atoms with Crippen molar-refractivity contribution in [1.29, 1.82) is 0 Å². The van der Waals surface area contributed by atoms with Gasteiger partial charge in [-0.3, -0.25) is 8.87 Å². The van der Waals surface area contributed by atoms with Gasteiger partial charge in [-0.15, -0.1) is 0 Å². The number of aromatic amines is 1. The molecule has 7 nitrogen and oxygen atoms in total. The maximum absolute atomic E-state index is 13.8. The van der Waals surface area contributed by atoms with Gasteiger partial charge >= 0.3 is 5.69 Å². The van der Waals surface area contributed by atoms with Crippen LogP contribution in [0.4, 0.5) is 5.69 Å². The van der Waals surface area contributed by atoms with Crippen molar-refractivity contribution in [2.24, 2.45) is 11.8 Å². The second-order valence-electron chi connectivity index (χ2n) is 9.50. The molecule has 1 fully saturated rings. The molecule has 1 aromatic heterocycles. The van der Waals surface area contributed by atoms with Gasteiger partial charge in [-0.05, 0) is 68.4 Å². The zero-order chi connectivity index (χ0) is 23.8. The van der Waals surface area contributed by atoms with Crippen molar-refractivity contribution in [3.63, 3.8) is 0 Å². The topological polar surface area (TPSA) is 84.4 Å². The Kier molecular flexibility index (Phi) is 6.68. The van der Waals surface area contributed by atoms with E-state index in [0.29, 0.717) is 43.4 Å². The third kappa shape index (κ3) is 4.87. The molecule has 1 N–H and O–H groups in total. The summed E-state index contributed by atoms with van der Waals surface area (Å²) in [7, 11) is -3.82. The standard InChI is InChI=1S/C25H33N3O4S/c1-17(2)15-28(23-7-5-18(3)13-19(23)4)33(30,31)21-6-8-24-22(14-21)26-25(29)27(24)16-20-9-11-32-12-10-20/h5-8,13-14,17,20H,9-12,15-16H2,1-4H3,(H,26,29). The minimum atomic E-state index is -3.82. The molecule has 2 heterocycles. The monoisotopic (exact) mass is 471 g/mol. The summed E-state index contributed by atoms with van der Waals surface area (Å²) >= 11 is 0. The second kappa shape index (κ2) is 9.35. The van der Waals surface area contributed by atoms with Crippen LogP contribution in [0.25, 0.3) is 11.0 Å². The molecule has 0 aliphatic carbocycles. The summed E-state index contributed by atoms with van der Waals surface area (Å²) in [5.41, 5.74) is 3.74. The van der Waals surface area contributed by atoms with E-state index in [9.17, 15) is 13.2 Å². The minimum Gasteiger partial charge on any atom is -0.381 e. The van der Waals surface area contributed by atoms with Gasteiger partial charge in [0.25, 0.3) is 10.0 Å². The molecule has 33 heavy (non-hydrogen) atoms. The lowest BCUT2D eigenvalue weighted by Crippen LogP contribution is -2.34. The number of fused-ring (bicyclic) bond motifs is 1. The highest BCUT2D eigenvalue weighted by Crippen LogP contribution is 2.30. The van der Waals surface area contributed by atoms with Crippen molar-refractivity contribution in [2.45, 2.75) is 52.0 Å². The molecule has 8 heteroatoms. The van der Waals surface area contributed by atoms with Crippen molar-refractivity contribution in [3.05, 3.63) is 58.0 Å². The fourth-order valence-electron chi connectivity index (χ4n) is 4.54. The van der Waals surface area contributed by atoms with Crippen LogP contribution in [0.1, 0.15) is 37.8 Å². The molecule has 4 rings (SSSR count). The summed E-state index contributed by atoms with van der Waals surface area (Å²) in [6.45, 7) is 10.3. The Balaban J connectivity index is 1.73. The molecule has 0 spiro atoms. The number of nitrogens with zero attached hydrogens (tertiary/aromatic N) is 2. The predicted molar refractivity (Wildman–Crippen MR) is 131 cm³/mol. The maximum atomic E-state index is 13.8. The average molecular weight is 472 g/mol. The Hall–Kier alpha value is -2.58. The number of aryl methyl sites for hydroxylation is 2. The van der Waals surface area contributed by atoms with Gasteiger partial charge in [0.1, 0.15) is 0 Å². The van der Waals surface area contributed by atoms with E-state index >= 15 is 0 Å². The molecular weight excluding hydrogens is 438 g/mol. The fraction of sp³-hybridized carbons (Fsp3) is 0.480. The van der Waals surface area contributed by atoms with Crippen molar-refractivity contribution in [3.8, 4) is 0 Å². The van der Waals surface area contributed by atoms with E-state index in [1.54, 1.807) is 22.8 Å². The Morgan fingerprint density at radius 1 is 1.12 bits per heavy atom. The zero-order valence-corrected chi connectivity index (χ0v) is 20.6. The number of rotatable bonds is 7. The number of sulfonamides is 1. The van der Waals surface area contributed by atoms with Crippen LogP contribution in [0.5, 0.6) is 0 Å². The maximum Gasteiger partial charge on any atom is 0.326 e. The van der Waals surface area contributed by atoms with Gasteiger partial charge in [0.15, 0.2) is 0 Å². The highest BCUT2D eigenvalue weighted by Gasteiger charge is 2.28. The van der Waals surface area contributed by atoms with Gasteiger partial charge in [0.05, 0.1) is 21.6 Å². The number of H-pyrrole nitrogens is 1. The van der Waals surface area contributed by atoms with Crippen molar-refractivity contribution in [1.82, 2.24) is 9.55 Å². The molecular formula is C25H33N3O4S. The molecule has 0 unspecified atom stereocenters. The van der Waals surface area contributed by atoms with E-state index in [-0.39, 0.29) is 16.5 Å². The van der Waals surface area contributed by atoms with Crippen LogP contribution in [-0.4, -0.2) is 37.7 Å². The summed E-state index contributed by atoms with van der Waals surface area (Å²) in [5.74, 6) is 0.523. The van der Waals surface area contributed by atoms with Gasteiger partial charge < -0.3 is 9.72 Å². The first kappa shape index (κ1) is 23.6. The number of hydrogen-bond acceptors (Lipinski definition) is 4. The Labute approximate surface area is 195 Å². The predicted octanol–water partition coefficient (Wildman–Crippen LogP) is 4.22. The molecule has 0 atom stereocenters. The smallest absolute Gasteiger partial charge is 0.326 e. The van der Waals surface area contributed by atoms with Gasteiger partial charge in [-0.25, -0.2) is 13.2 Å². The Morgan fingerprint density at radius 3 is 2.52 bits per heavy atom. The Bertz CT molecular complexity index is 1300. The molecule has 2 aromatic carbocycles. The zero-order valence-electron chi connectivity index (χ0n) is 19.8. The minimum absolute atomic E-state index is 0.143. The summed E-state index contributed by atoms with van der Waals surface area (Å²) in [5, 5.41) is 0. The van der Waals surface area contributed by atoms with Gasteiger partial charge in [0.2, 0.25) is 0 Å². The van der Waals surface area contributed by atoms with Crippen LogP contribution in [-0.2, 0) is 21.3 Å². The van der Waals surface area contributed by atoms with Gasteiger partial charge in [0, 0.05) is 26.3 Å². The number of nitrogens with one attached hydrogen (secondary N) is 1. The molecule has 0 radical (unpaired) electrons. The van der Waals surface area contributed by atoms with Crippen molar-refractivity contribution >= 4 is 26.7 Å². The largest absolute Gasteiger partial charge is 0.381 e. The first-order chi connectivity index (χ1) is 15.7. The van der Waals surface area contributed by atoms with Crippen molar-refractivity contribution in [2.75, 3.05) is 24.1 Å². The van der Waals surface area contributed by atoms with Crippen LogP contribution in [0.3, 0.4) is 0 Å². The molecule has 1 saturated heterocycles. The molecule has 1 aliphatic heterocycles. The number of imidazole rings is 1. The average Bonchev–Trinajstić information content (AvgIpc) is 3.07. The third-order valence-corrected chi connectivity index (χ3v) is 8.04. The van der Waals surface area contributed by atoms with E-state index in [1.165, 1.54) is 4.31 Å². The number of hydrogen-bond donors (Lipinski definition) is 1. The number of benzene rings is 2. The molecule has 0 saturated carbocycles. The lowest BCUT2D eigenvalue weighted by Gasteiger charge is -2.28. The van der Waals surface area contributed by atoms with Crippen LogP contribution >= 0.6 is 0 Å². The lowest BCUT2D eigenvalue weighted by molar-refractivity contribution is 0.0613. The summed E-state index contributed by atoms with van der Waals surface area (Å²) in [6, 6.07) is 10.7. The fourth-order valence-corrected chi connectivity index (χ4v) is 6.26. The quantitative estimate of drug-likeness (QED) is 0.559. The van der Waals surface area contributed by atoms with Crippen molar-refractivity contribution < 1.29 is 13.2 Å². The Morgan fingerprint density at radius 2 is 1.85 bits per heavy atom.